The number of hydrogen-bond acceptors (Lipinski definition) is 3. The molecule has 1 aromatic rings. The van der Waals surface area contributed by atoms with Gasteiger partial charge in [-0.05, 0) is 31.5 Å². The molecule has 1 unspecified atom stereocenters. The average Bonchev–Trinajstić information content (AvgIpc) is 2.38. The molecule has 0 saturated heterocycles. The van der Waals surface area contributed by atoms with Gasteiger partial charge in [-0.1, -0.05) is 13.0 Å². The van der Waals surface area contributed by atoms with Crippen molar-refractivity contribution in [1.82, 2.24) is 5.32 Å². The lowest BCUT2D eigenvalue weighted by molar-refractivity contribution is -0.116. The fraction of sp³-hybridized carbons (Fsp3) is 0.400. The predicted octanol–water partition coefficient (Wildman–Crippen LogP) is 2.97. The van der Waals surface area contributed by atoms with E-state index < -0.39 is 0 Å². The van der Waals surface area contributed by atoms with E-state index in [1.54, 1.807) is 24.3 Å². The minimum Gasteiger partial charge on any atom is -0.508 e. The maximum atomic E-state index is 11.5. The summed E-state index contributed by atoms with van der Waals surface area (Å²) >= 11 is 0. The van der Waals surface area contributed by atoms with Crippen molar-refractivity contribution in [2.45, 2.75) is 32.7 Å². The zero-order chi connectivity index (χ0) is 14.3. The van der Waals surface area contributed by atoms with Crippen LogP contribution in [0.15, 0.2) is 30.9 Å². The Morgan fingerprint density at radius 3 is 2.89 bits per heavy atom. The van der Waals surface area contributed by atoms with Crippen LogP contribution in [0, 0.1) is 0 Å². The Kier molecular flexibility index (Phi) is 6.09. The van der Waals surface area contributed by atoms with E-state index in [2.05, 4.69) is 17.2 Å². The maximum Gasteiger partial charge on any atom is 0.224 e. The summed E-state index contributed by atoms with van der Waals surface area (Å²) in [6.07, 6.45) is 3.08. The van der Waals surface area contributed by atoms with Crippen LogP contribution < -0.4 is 10.6 Å². The molecular weight excluding hydrogens is 240 g/mol. The van der Waals surface area contributed by atoms with Gasteiger partial charge in [0.25, 0.3) is 0 Å². The van der Waals surface area contributed by atoms with E-state index in [-0.39, 0.29) is 17.7 Å². The second-order valence-corrected chi connectivity index (χ2v) is 4.49. The molecule has 4 heteroatoms. The van der Waals surface area contributed by atoms with E-state index in [1.807, 2.05) is 13.8 Å². The number of phenols is 1. The Balaban J connectivity index is 2.81. The number of anilines is 1. The van der Waals surface area contributed by atoms with Gasteiger partial charge in [0.05, 0.1) is 0 Å². The molecule has 104 valence electrons. The second kappa shape index (κ2) is 7.59. The summed E-state index contributed by atoms with van der Waals surface area (Å²) in [6.45, 7) is 8.22. The van der Waals surface area contributed by atoms with Gasteiger partial charge in [0.1, 0.15) is 5.75 Å². The lowest BCUT2D eigenvalue weighted by atomic mass is 10.1. The molecular formula is C15H22N2O2. The Bertz CT molecular complexity index is 444. The molecule has 0 heterocycles. The van der Waals surface area contributed by atoms with Gasteiger partial charge in [0.15, 0.2) is 0 Å². The number of carbonyl (C=O) groups is 1. The number of benzene rings is 1. The molecule has 0 spiro atoms. The number of nitrogens with one attached hydrogen (secondary N) is 2. The van der Waals surface area contributed by atoms with Crippen LogP contribution in [-0.2, 0) is 4.79 Å². The molecule has 0 saturated carbocycles. The summed E-state index contributed by atoms with van der Waals surface area (Å²) in [5.74, 6) is 0.211. The first kappa shape index (κ1) is 15.2. The summed E-state index contributed by atoms with van der Waals surface area (Å²) in [5.41, 5.74) is 1.47. The highest BCUT2D eigenvalue weighted by molar-refractivity contribution is 5.90. The van der Waals surface area contributed by atoms with Gasteiger partial charge in [0.2, 0.25) is 5.91 Å². The van der Waals surface area contributed by atoms with Crippen molar-refractivity contribution in [2.75, 3.05) is 11.9 Å². The first-order valence-corrected chi connectivity index (χ1v) is 6.55. The minimum absolute atomic E-state index is 0.00848. The first-order chi connectivity index (χ1) is 9.08. The van der Waals surface area contributed by atoms with Crippen molar-refractivity contribution < 1.29 is 9.90 Å². The largest absolute Gasteiger partial charge is 0.508 e. The molecule has 3 N–H and O–H groups in total. The minimum atomic E-state index is -0.0129. The van der Waals surface area contributed by atoms with Crippen LogP contribution in [0.5, 0.6) is 5.75 Å². The van der Waals surface area contributed by atoms with Crippen molar-refractivity contribution >= 4 is 11.6 Å². The van der Waals surface area contributed by atoms with Crippen molar-refractivity contribution in [2.24, 2.45) is 0 Å². The summed E-state index contributed by atoms with van der Waals surface area (Å²) in [5, 5.41) is 15.9. The van der Waals surface area contributed by atoms with Crippen LogP contribution >= 0.6 is 0 Å². The molecule has 0 aliphatic heterocycles. The first-order valence-electron chi connectivity index (χ1n) is 6.55. The highest BCUT2D eigenvalue weighted by Crippen LogP contribution is 2.27. The molecule has 1 aromatic carbocycles. The number of phenolic OH excluding ortho intramolecular Hbond substituents is 1. The van der Waals surface area contributed by atoms with Crippen molar-refractivity contribution in [3.8, 4) is 5.75 Å². The SMILES string of the molecule is C=CCNC(C)c1cc(NC(=O)CCC)ccc1O. The van der Waals surface area contributed by atoms with Crippen LogP contribution in [0.3, 0.4) is 0 Å². The second-order valence-electron chi connectivity index (χ2n) is 4.49. The standard InChI is InChI=1S/C15H22N2O2/c1-4-6-15(19)17-12-7-8-14(18)13(10-12)11(3)16-9-5-2/h5,7-8,10-11,16,18H,2,4,6,9H2,1,3H3,(H,17,19). The van der Waals surface area contributed by atoms with Gasteiger partial charge < -0.3 is 15.7 Å². The molecule has 0 aromatic heterocycles. The molecule has 4 nitrogen and oxygen atoms in total. The Morgan fingerprint density at radius 1 is 1.53 bits per heavy atom. The van der Waals surface area contributed by atoms with Crippen LogP contribution in [0.1, 0.15) is 38.3 Å². The Labute approximate surface area is 114 Å². The van der Waals surface area contributed by atoms with Gasteiger partial charge in [-0.2, -0.15) is 0 Å². The smallest absolute Gasteiger partial charge is 0.224 e. The highest BCUT2D eigenvalue weighted by Gasteiger charge is 2.11. The van der Waals surface area contributed by atoms with Crippen LogP contribution in [0.4, 0.5) is 5.69 Å². The van der Waals surface area contributed by atoms with E-state index in [0.717, 1.165) is 12.0 Å². The van der Waals surface area contributed by atoms with Crippen molar-refractivity contribution in [3.05, 3.63) is 36.4 Å². The molecule has 0 aliphatic rings. The Hall–Kier alpha value is -1.81. The van der Waals surface area contributed by atoms with E-state index in [9.17, 15) is 9.90 Å². The van der Waals surface area contributed by atoms with E-state index in [4.69, 9.17) is 0 Å². The third kappa shape index (κ3) is 4.75. The molecule has 19 heavy (non-hydrogen) atoms. The third-order valence-corrected chi connectivity index (χ3v) is 2.82. The number of amides is 1. The lowest BCUT2D eigenvalue weighted by Crippen LogP contribution is -2.19. The van der Waals surface area contributed by atoms with Gasteiger partial charge in [-0.15, -0.1) is 6.58 Å². The lowest BCUT2D eigenvalue weighted by Gasteiger charge is -2.16. The fourth-order valence-corrected chi connectivity index (χ4v) is 1.80. The molecule has 0 aliphatic carbocycles. The summed E-state index contributed by atoms with van der Waals surface area (Å²) in [6, 6.07) is 5.08. The molecule has 1 amide bonds. The summed E-state index contributed by atoms with van der Waals surface area (Å²) in [4.78, 5) is 11.5. The van der Waals surface area contributed by atoms with Gasteiger partial charge in [-0.3, -0.25) is 4.79 Å². The fourth-order valence-electron chi connectivity index (χ4n) is 1.80. The topological polar surface area (TPSA) is 61.4 Å². The molecule has 0 fully saturated rings. The number of hydrogen-bond donors (Lipinski definition) is 3. The molecule has 1 atom stereocenters. The quantitative estimate of drug-likeness (QED) is 0.523. The van der Waals surface area contributed by atoms with Gasteiger partial charge in [0, 0.05) is 30.3 Å². The number of aromatic hydroxyl groups is 1. The normalized spacial score (nSPS) is 11.9. The van der Waals surface area contributed by atoms with Crippen molar-refractivity contribution in [3.63, 3.8) is 0 Å². The molecule has 1 rings (SSSR count). The van der Waals surface area contributed by atoms with Crippen LogP contribution in [0.2, 0.25) is 0 Å². The monoisotopic (exact) mass is 262 g/mol. The zero-order valence-electron chi connectivity index (χ0n) is 11.6. The van der Waals surface area contributed by atoms with E-state index in [0.29, 0.717) is 18.7 Å². The molecule has 0 radical (unpaired) electrons. The zero-order valence-corrected chi connectivity index (χ0v) is 11.6. The van der Waals surface area contributed by atoms with Crippen LogP contribution in [-0.4, -0.2) is 17.6 Å². The number of rotatable bonds is 7. The summed E-state index contributed by atoms with van der Waals surface area (Å²) in [7, 11) is 0. The van der Waals surface area contributed by atoms with E-state index in [1.165, 1.54) is 0 Å². The number of carbonyl (C=O) groups excluding carboxylic acids is 1. The predicted molar refractivity (Wildman–Crippen MR) is 78.3 cm³/mol. The third-order valence-electron chi connectivity index (χ3n) is 2.82. The maximum absolute atomic E-state index is 11.5. The summed E-state index contributed by atoms with van der Waals surface area (Å²) < 4.78 is 0. The highest BCUT2D eigenvalue weighted by atomic mass is 16.3. The van der Waals surface area contributed by atoms with Crippen molar-refractivity contribution in [1.29, 1.82) is 0 Å². The van der Waals surface area contributed by atoms with Gasteiger partial charge in [-0.25, -0.2) is 0 Å². The van der Waals surface area contributed by atoms with Gasteiger partial charge >= 0.3 is 0 Å². The van der Waals surface area contributed by atoms with Crippen LogP contribution in [0.25, 0.3) is 0 Å². The Morgan fingerprint density at radius 2 is 2.26 bits per heavy atom. The van der Waals surface area contributed by atoms with E-state index >= 15 is 0 Å². The molecule has 0 bridgehead atoms. The average molecular weight is 262 g/mol.